The largest absolute Gasteiger partial charge is 0.497 e. The second kappa shape index (κ2) is 9.09. The van der Waals surface area contributed by atoms with Crippen LogP contribution in [0.3, 0.4) is 0 Å². The maximum absolute atomic E-state index is 12.7. The molecule has 0 fully saturated rings. The molecule has 0 saturated heterocycles. The van der Waals surface area contributed by atoms with Crippen LogP contribution in [0.5, 0.6) is 5.75 Å². The Labute approximate surface area is 184 Å². The number of methoxy groups -OCH3 is 1. The number of carbonyl (C=O) groups is 1. The van der Waals surface area contributed by atoms with Crippen LogP contribution in [-0.2, 0) is 0 Å². The summed E-state index contributed by atoms with van der Waals surface area (Å²) in [7, 11) is 1.56. The zero-order valence-corrected chi connectivity index (χ0v) is 17.2. The molecule has 0 unspecified atom stereocenters. The minimum absolute atomic E-state index is 0.0538. The number of nitro groups is 1. The summed E-state index contributed by atoms with van der Waals surface area (Å²) in [5.41, 5.74) is 2.63. The first-order valence-corrected chi connectivity index (χ1v) is 9.82. The van der Waals surface area contributed by atoms with Gasteiger partial charge in [0.25, 0.3) is 5.69 Å². The van der Waals surface area contributed by atoms with Gasteiger partial charge in [0.15, 0.2) is 5.78 Å². The van der Waals surface area contributed by atoms with Gasteiger partial charge >= 0.3 is 0 Å². The number of aromatic nitrogens is 2. The molecule has 7 nitrogen and oxygen atoms in total. The van der Waals surface area contributed by atoms with Crippen LogP contribution in [0.1, 0.15) is 15.9 Å². The highest BCUT2D eigenvalue weighted by molar-refractivity contribution is 6.07. The molecule has 32 heavy (non-hydrogen) atoms. The summed E-state index contributed by atoms with van der Waals surface area (Å²) in [6.45, 7) is 0. The molecule has 0 aliphatic carbocycles. The molecule has 0 amide bonds. The van der Waals surface area contributed by atoms with Crippen LogP contribution >= 0.6 is 0 Å². The molecule has 0 N–H and O–H groups in total. The standard InChI is InChI=1S/C25H19N3O4/c1-32-21-14-11-18(12-15-21)24(29)16-13-19-17-27(20-7-3-2-4-8-20)26-25(19)22-9-5-6-10-23(22)28(30)31/h2-17H,1H3/b16-13+. The SMILES string of the molecule is COc1ccc(C(=O)/C=C/c2cn(-c3ccccc3)nc2-c2ccccc2[N+](=O)[O-])cc1. The van der Waals surface area contributed by atoms with Crippen LogP contribution in [0.2, 0.25) is 0 Å². The number of ketones is 1. The molecule has 0 spiro atoms. The summed E-state index contributed by atoms with van der Waals surface area (Å²) in [5, 5.41) is 16.2. The van der Waals surface area contributed by atoms with Gasteiger partial charge in [-0.25, -0.2) is 4.68 Å². The van der Waals surface area contributed by atoms with Crippen molar-refractivity contribution < 1.29 is 14.5 Å². The number of rotatable bonds is 7. The quantitative estimate of drug-likeness (QED) is 0.172. The van der Waals surface area contributed by atoms with Gasteiger partial charge in [-0.1, -0.05) is 30.3 Å². The van der Waals surface area contributed by atoms with Crippen molar-refractivity contribution in [3.63, 3.8) is 0 Å². The van der Waals surface area contributed by atoms with E-state index in [1.54, 1.807) is 66.5 Å². The number of para-hydroxylation sites is 2. The Morgan fingerprint density at radius 3 is 2.38 bits per heavy atom. The molecule has 7 heteroatoms. The van der Waals surface area contributed by atoms with Crippen LogP contribution in [0.15, 0.2) is 91.1 Å². The Bertz CT molecular complexity index is 1290. The summed E-state index contributed by atoms with van der Waals surface area (Å²) >= 11 is 0. The monoisotopic (exact) mass is 425 g/mol. The highest BCUT2D eigenvalue weighted by Gasteiger charge is 2.20. The molecule has 1 aromatic heterocycles. The van der Waals surface area contributed by atoms with Crippen molar-refractivity contribution in [2.24, 2.45) is 0 Å². The van der Waals surface area contributed by atoms with Crippen molar-refractivity contribution in [3.8, 4) is 22.7 Å². The van der Waals surface area contributed by atoms with Crippen LogP contribution < -0.4 is 4.74 Å². The average molecular weight is 425 g/mol. The van der Waals surface area contributed by atoms with E-state index >= 15 is 0 Å². The summed E-state index contributed by atoms with van der Waals surface area (Å²) in [4.78, 5) is 23.8. The summed E-state index contributed by atoms with van der Waals surface area (Å²) in [6, 6.07) is 22.6. The lowest BCUT2D eigenvalue weighted by Crippen LogP contribution is -1.96. The van der Waals surface area contributed by atoms with Crippen LogP contribution in [0.25, 0.3) is 23.0 Å². The number of allylic oxidation sites excluding steroid dienone is 1. The van der Waals surface area contributed by atoms with Crippen molar-refractivity contribution in [1.82, 2.24) is 9.78 Å². The van der Waals surface area contributed by atoms with Gasteiger partial charge in [-0.3, -0.25) is 14.9 Å². The predicted molar refractivity (Wildman–Crippen MR) is 122 cm³/mol. The second-order valence-corrected chi connectivity index (χ2v) is 6.91. The highest BCUT2D eigenvalue weighted by atomic mass is 16.6. The van der Waals surface area contributed by atoms with E-state index in [4.69, 9.17) is 4.74 Å². The van der Waals surface area contributed by atoms with E-state index in [0.29, 0.717) is 28.1 Å². The molecule has 1 heterocycles. The Hall–Kier alpha value is -4.52. The zero-order valence-electron chi connectivity index (χ0n) is 17.2. The first-order chi connectivity index (χ1) is 15.6. The van der Waals surface area contributed by atoms with E-state index in [0.717, 1.165) is 5.69 Å². The smallest absolute Gasteiger partial charge is 0.278 e. The molecule has 0 saturated carbocycles. The van der Waals surface area contributed by atoms with E-state index < -0.39 is 4.92 Å². The third kappa shape index (κ3) is 4.32. The van der Waals surface area contributed by atoms with Crippen molar-refractivity contribution in [2.45, 2.75) is 0 Å². The number of nitro benzene ring substituents is 1. The second-order valence-electron chi connectivity index (χ2n) is 6.91. The van der Waals surface area contributed by atoms with Crippen LogP contribution in [0.4, 0.5) is 5.69 Å². The van der Waals surface area contributed by atoms with Gasteiger partial charge in [-0.2, -0.15) is 5.10 Å². The Balaban J connectivity index is 1.76. The van der Waals surface area contributed by atoms with Crippen molar-refractivity contribution in [3.05, 3.63) is 112 Å². The third-order valence-corrected chi connectivity index (χ3v) is 4.91. The predicted octanol–water partition coefficient (Wildman–Crippen LogP) is 5.35. The lowest BCUT2D eigenvalue weighted by molar-refractivity contribution is -0.384. The summed E-state index contributed by atoms with van der Waals surface area (Å²) in [5.74, 6) is 0.460. The lowest BCUT2D eigenvalue weighted by Gasteiger charge is -2.02. The molecular formula is C25H19N3O4. The Morgan fingerprint density at radius 1 is 1.00 bits per heavy atom. The molecule has 0 aliphatic heterocycles. The Morgan fingerprint density at radius 2 is 1.69 bits per heavy atom. The number of hydrogen-bond donors (Lipinski definition) is 0. The molecule has 0 radical (unpaired) electrons. The summed E-state index contributed by atoms with van der Waals surface area (Å²) in [6.07, 6.45) is 4.82. The first kappa shape index (κ1) is 20.7. The molecule has 3 aromatic carbocycles. The fourth-order valence-electron chi connectivity index (χ4n) is 3.28. The van der Waals surface area contributed by atoms with Crippen molar-refractivity contribution in [2.75, 3.05) is 7.11 Å². The topological polar surface area (TPSA) is 87.3 Å². The zero-order chi connectivity index (χ0) is 22.5. The molecule has 0 atom stereocenters. The van der Waals surface area contributed by atoms with Gasteiger partial charge in [-0.05, 0) is 54.6 Å². The number of ether oxygens (including phenoxy) is 1. The third-order valence-electron chi connectivity index (χ3n) is 4.91. The van der Waals surface area contributed by atoms with Crippen molar-refractivity contribution >= 4 is 17.5 Å². The first-order valence-electron chi connectivity index (χ1n) is 9.82. The maximum Gasteiger partial charge on any atom is 0.278 e. The number of nitrogens with zero attached hydrogens (tertiary/aromatic N) is 3. The van der Waals surface area contributed by atoms with Crippen molar-refractivity contribution in [1.29, 1.82) is 0 Å². The highest BCUT2D eigenvalue weighted by Crippen LogP contribution is 2.32. The number of carbonyl (C=O) groups excluding carboxylic acids is 1. The van der Waals surface area contributed by atoms with E-state index in [9.17, 15) is 14.9 Å². The molecular weight excluding hydrogens is 406 g/mol. The van der Waals surface area contributed by atoms with Gasteiger partial charge in [-0.15, -0.1) is 0 Å². The number of benzene rings is 3. The fourth-order valence-corrected chi connectivity index (χ4v) is 3.28. The number of hydrogen-bond acceptors (Lipinski definition) is 5. The van der Waals surface area contributed by atoms with E-state index in [1.165, 1.54) is 12.1 Å². The molecule has 4 aromatic rings. The summed E-state index contributed by atoms with van der Waals surface area (Å²) < 4.78 is 6.77. The molecule has 158 valence electrons. The Kier molecular flexibility index (Phi) is 5.89. The van der Waals surface area contributed by atoms with E-state index in [1.807, 2.05) is 30.3 Å². The molecule has 0 bridgehead atoms. The molecule has 0 aliphatic rings. The lowest BCUT2D eigenvalue weighted by atomic mass is 10.0. The van der Waals surface area contributed by atoms with Gasteiger partial charge in [0.05, 0.1) is 23.3 Å². The average Bonchev–Trinajstić information content (AvgIpc) is 3.27. The van der Waals surface area contributed by atoms with E-state index in [-0.39, 0.29) is 11.5 Å². The van der Waals surface area contributed by atoms with Crippen LogP contribution in [0, 0.1) is 10.1 Å². The normalized spacial score (nSPS) is 10.9. The van der Waals surface area contributed by atoms with Gasteiger partial charge in [0, 0.05) is 23.4 Å². The van der Waals surface area contributed by atoms with Gasteiger partial charge in [0.2, 0.25) is 0 Å². The minimum Gasteiger partial charge on any atom is -0.497 e. The minimum atomic E-state index is -0.438. The molecule has 4 rings (SSSR count). The van der Waals surface area contributed by atoms with Gasteiger partial charge < -0.3 is 4.74 Å². The van der Waals surface area contributed by atoms with E-state index in [2.05, 4.69) is 5.10 Å². The maximum atomic E-state index is 12.7. The fraction of sp³-hybridized carbons (Fsp3) is 0.0400. The van der Waals surface area contributed by atoms with Gasteiger partial charge in [0.1, 0.15) is 11.4 Å². The van der Waals surface area contributed by atoms with Crippen LogP contribution in [-0.4, -0.2) is 27.6 Å².